The Balaban J connectivity index is 2.30. The highest BCUT2D eigenvalue weighted by atomic mass is 35.5. The Morgan fingerprint density at radius 3 is 2.54 bits per heavy atom. The fourth-order valence-electron chi connectivity index (χ4n) is 3.24. The van der Waals surface area contributed by atoms with E-state index in [9.17, 15) is 9.59 Å². The molecule has 0 fully saturated rings. The second kappa shape index (κ2) is 8.05. The molecule has 0 spiro atoms. The second-order valence-electron chi connectivity index (χ2n) is 7.03. The van der Waals surface area contributed by atoms with Crippen molar-refractivity contribution in [2.75, 3.05) is 6.61 Å². The van der Waals surface area contributed by atoms with E-state index in [2.05, 4.69) is 0 Å². The molecule has 148 valence electrons. The molecule has 3 aromatic rings. The summed E-state index contributed by atoms with van der Waals surface area (Å²) < 4.78 is 6.74. The topological polar surface area (TPSA) is 61.2 Å². The summed E-state index contributed by atoms with van der Waals surface area (Å²) in [5, 5.41) is 3.08. The zero-order chi connectivity index (χ0) is 20.5. The van der Waals surface area contributed by atoms with Crippen LogP contribution in [0.1, 0.15) is 39.9 Å². The summed E-state index contributed by atoms with van der Waals surface area (Å²) in [6, 6.07) is 7.34. The predicted molar refractivity (Wildman–Crippen MR) is 114 cm³/mol. The lowest BCUT2D eigenvalue weighted by Gasteiger charge is -2.27. The van der Waals surface area contributed by atoms with E-state index in [1.807, 2.05) is 24.4 Å². The van der Waals surface area contributed by atoms with Gasteiger partial charge in [0.05, 0.1) is 12.0 Å². The maximum absolute atomic E-state index is 13.6. The van der Waals surface area contributed by atoms with Gasteiger partial charge < -0.3 is 4.74 Å². The van der Waals surface area contributed by atoms with E-state index in [1.165, 1.54) is 15.9 Å². The summed E-state index contributed by atoms with van der Waals surface area (Å²) in [4.78, 5) is 31.6. The lowest BCUT2D eigenvalue weighted by atomic mass is 10.0. The molecular weight excluding hydrogens is 396 g/mol. The Morgan fingerprint density at radius 1 is 1.25 bits per heavy atom. The molecule has 0 radical (unpaired) electrons. The van der Waals surface area contributed by atoms with Gasteiger partial charge in [-0.25, -0.2) is 9.78 Å². The van der Waals surface area contributed by atoms with Crippen molar-refractivity contribution in [1.29, 1.82) is 0 Å². The smallest absolute Gasteiger partial charge is 0.331 e. The van der Waals surface area contributed by atoms with Crippen LogP contribution in [0.15, 0.2) is 34.4 Å². The molecule has 28 heavy (non-hydrogen) atoms. The third-order valence-corrected chi connectivity index (χ3v) is 5.76. The van der Waals surface area contributed by atoms with Crippen molar-refractivity contribution in [3.63, 3.8) is 0 Å². The van der Waals surface area contributed by atoms with Crippen LogP contribution in [0.2, 0.25) is 5.02 Å². The molecule has 0 aliphatic heterocycles. The van der Waals surface area contributed by atoms with Gasteiger partial charge in [0, 0.05) is 22.4 Å². The maximum atomic E-state index is 13.6. The minimum absolute atomic E-state index is 0.224. The average Bonchev–Trinajstić information content (AvgIpc) is 3.07. The number of esters is 1. The van der Waals surface area contributed by atoms with Crippen molar-refractivity contribution in [2.45, 2.75) is 46.1 Å². The van der Waals surface area contributed by atoms with Gasteiger partial charge in [-0.1, -0.05) is 30.7 Å². The SMILES string of the molecule is CCCc1nc2scc(-c3ccc(Cl)cc3)c2c(=O)n1C(C)(C)C(=O)OCC. The summed E-state index contributed by atoms with van der Waals surface area (Å²) in [6.45, 7) is 7.43. The van der Waals surface area contributed by atoms with Crippen molar-refractivity contribution in [3.05, 3.63) is 50.8 Å². The van der Waals surface area contributed by atoms with E-state index in [-0.39, 0.29) is 12.2 Å². The number of aryl methyl sites for hydroxylation is 1. The minimum Gasteiger partial charge on any atom is -0.464 e. The van der Waals surface area contributed by atoms with E-state index in [0.29, 0.717) is 27.5 Å². The Bertz CT molecular complexity index is 1070. The van der Waals surface area contributed by atoms with Crippen LogP contribution in [0.4, 0.5) is 0 Å². The summed E-state index contributed by atoms with van der Waals surface area (Å²) in [5.74, 6) is 0.154. The second-order valence-corrected chi connectivity index (χ2v) is 8.33. The molecule has 0 N–H and O–H groups in total. The Kier molecular flexibility index (Phi) is 5.91. The molecule has 2 aromatic heterocycles. The van der Waals surface area contributed by atoms with Gasteiger partial charge in [-0.05, 0) is 44.9 Å². The third kappa shape index (κ3) is 3.59. The van der Waals surface area contributed by atoms with Crippen LogP contribution >= 0.6 is 22.9 Å². The molecule has 0 amide bonds. The van der Waals surface area contributed by atoms with Crippen LogP contribution < -0.4 is 5.56 Å². The molecule has 0 saturated heterocycles. The number of hydrogen-bond donors (Lipinski definition) is 0. The summed E-state index contributed by atoms with van der Waals surface area (Å²) in [5.41, 5.74) is 0.305. The number of halogens is 1. The molecule has 3 rings (SSSR count). The highest BCUT2D eigenvalue weighted by Crippen LogP contribution is 2.33. The number of carbonyl (C=O) groups excluding carboxylic acids is 1. The number of ether oxygens (including phenoxy) is 1. The van der Waals surface area contributed by atoms with Gasteiger partial charge in [-0.2, -0.15) is 0 Å². The quantitative estimate of drug-likeness (QED) is 0.527. The van der Waals surface area contributed by atoms with Crippen molar-refractivity contribution in [2.24, 2.45) is 0 Å². The van der Waals surface area contributed by atoms with E-state index >= 15 is 0 Å². The molecule has 2 heterocycles. The molecular formula is C21H23ClN2O3S. The summed E-state index contributed by atoms with van der Waals surface area (Å²) >= 11 is 7.43. The van der Waals surface area contributed by atoms with Gasteiger partial charge in [0.25, 0.3) is 5.56 Å². The van der Waals surface area contributed by atoms with Crippen molar-refractivity contribution >= 4 is 39.1 Å². The first-order valence-electron chi connectivity index (χ1n) is 9.28. The van der Waals surface area contributed by atoms with E-state index < -0.39 is 11.5 Å². The fourth-order valence-corrected chi connectivity index (χ4v) is 4.32. The van der Waals surface area contributed by atoms with E-state index in [1.54, 1.807) is 32.9 Å². The van der Waals surface area contributed by atoms with Gasteiger partial charge in [-0.3, -0.25) is 9.36 Å². The number of benzene rings is 1. The number of carbonyl (C=O) groups is 1. The lowest BCUT2D eigenvalue weighted by Crippen LogP contribution is -2.45. The molecule has 5 nitrogen and oxygen atoms in total. The highest BCUT2D eigenvalue weighted by Gasteiger charge is 2.35. The standard InChI is InChI=1S/C21H23ClN2O3S/c1-5-7-16-23-18-17(15(12-28-18)13-8-10-14(22)11-9-13)19(25)24(16)21(3,4)20(26)27-6-2/h8-12H,5-7H2,1-4H3. The first kappa shape index (κ1) is 20.6. The molecule has 0 unspecified atom stereocenters. The third-order valence-electron chi connectivity index (χ3n) is 4.64. The van der Waals surface area contributed by atoms with Crippen molar-refractivity contribution in [1.82, 2.24) is 9.55 Å². The number of fused-ring (bicyclic) bond motifs is 1. The number of thiophene rings is 1. The van der Waals surface area contributed by atoms with E-state index in [4.69, 9.17) is 21.3 Å². The summed E-state index contributed by atoms with van der Waals surface area (Å²) in [6.07, 6.45) is 1.41. The molecule has 7 heteroatoms. The molecule has 0 atom stereocenters. The van der Waals surface area contributed by atoms with Crippen molar-refractivity contribution < 1.29 is 9.53 Å². The van der Waals surface area contributed by atoms with Crippen LogP contribution in [-0.2, 0) is 21.5 Å². The molecule has 0 saturated carbocycles. The summed E-state index contributed by atoms with van der Waals surface area (Å²) in [7, 11) is 0. The number of nitrogens with zero attached hydrogens (tertiary/aromatic N) is 2. The Morgan fingerprint density at radius 2 is 1.93 bits per heavy atom. The fraction of sp³-hybridized carbons (Fsp3) is 0.381. The largest absolute Gasteiger partial charge is 0.464 e. The first-order valence-corrected chi connectivity index (χ1v) is 10.5. The molecule has 0 aliphatic rings. The van der Waals surface area contributed by atoms with Gasteiger partial charge in [0.2, 0.25) is 0 Å². The van der Waals surface area contributed by atoms with Crippen LogP contribution in [0.25, 0.3) is 21.3 Å². The van der Waals surface area contributed by atoms with E-state index in [0.717, 1.165) is 17.5 Å². The molecule has 0 bridgehead atoms. The zero-order valence-electron chi connectivity index (χ0n) is 16.4. The number of hydrogen-bond acceptors (Lipinski definition) is 5. The van der Waals surface area contributed by atoms with Gasteiger partial charge >= 0.3 is 5.97 Å². The number of rotatable bonds is 6. The average molecular weight is 419 g/mol. The van der Waals surface area contributed by atoms with Gasteiger partial charge in [-0.15, -0.1) is 11.3 Å². The van der Waals surface area contributed by atoms with Gasteiger partial charge in [0.1, 0.15) is 16.2 Å². The predicted octanol–water partition coefficient (Wildman–Crippen LogP) is 5.03. The first-order chi connectivity index (χ1) is 13.3. The van der Waals surface area contributed by atoms with Crippen LogP contribution in [0.5, 0.6) is 0 Å². The molecule has 1 aromatic carbocycles. The number of aromatic nitrogens is 2. The Labute approximate surface area is 172 Å². The minimum atomic E-state index is -1.15. The Hall–Kier alpha value is -2.18. The van der Waals surface area contributed by atoms with Crippen LogP contribution in [0, 0.1) is 0 Å². The monoisotopic (exact) mass is 418 g/mol. The van der Waals surface area contributed by atoms with Crippen molar-refractivity contribution in [3.8, 4) is 11.1 Å². The lowest BCUT2D eigenvalue weighted by molar-refractivity contribution is -0.152. The zero-order valence-corrected chi connectivity index (χ0v) is 18.0. The molecule has 0 aliphatic carbocycles. The normalized spacial score (nSPS) is 11.8. The van der Waals surface area contributed by atoms with Crippen LogP contribution in [-0.4, -0.2) is 22.1 Å². The van der Waals surface area contributed by atoms with Crippen LogP contribution in [0.3, 0.4) is 0 Å². The maximum Gasteiger partial charge on any atom is 0.331 e. The van der Waals surface area contributed by atoms with Gasteiger partial charge in [0.15, 0.2) is 0 Å². The highest BCUT2D eigenvalue weighted by molar-refractivity contribution is 7.17.